The van der Waals surface area contributed by atoms with Crippen molar-refractivity contribution in [2.24, 2.45) is 0 Å². The lowest BCUT2D eigenvalue weighted by Gasteiger charge is -2.17. The number of urea groups is 1. The van der Waals surface area contributed by atoms with Crippen LogP contribution in [0.5, 0.6) is 5.75 Å². The zero-order valence-corrected chi connectivity index (χ0v) is 15.7. The molecular formula is C18H16Cl2N2O5. The molecule has 0 fully saturated rings. The molecule has 3 amide bonds. The Bertz CT molecular complexity index is 830. The molecule has 0 aromatic heterocycles. The SMILES string of the molecule is CNC(=O)NC(=O)C(OC(=O)COc1ccc(Cl)cc1Cl)c1ccccc1. The second-order valence-electron chi connectivity index (χ2n) is 5.21. The Balaban J connectivity index is 2.06. The molecule has 0 heterocycles. The van der Waals surface area contributed by atoms with Crippen molar-refractivity contribution in [1.29, 1.82) is 0 Å². The molecule has 9 heteroatoms. The van der Waals surface area contributed by atoms with Gasteiger partial charge >= 0.3 is 12.0 Å². The minimum absolute atomic E-state index is 0.229. The van der Waals surface area contributed by atoms with E-state index in [9.17, 15) is 14.4 Å². The Morgan fingerprint density at radius 1 is 1.07 bits per heavy atom. The van der Waals surface area contributed by atoms with Gasteiger partial charge in [-0.3, -0.25) is 10.1 Å². The Labute approximate surface area is 165 Å². The number of hydrogen-bond donors (Lipinski definition) is 2. The summed E-state index contributed by atoms with van der Waals surface area (Å²) >= 11 is 11.8. The maximum absolute atomic E-state index is 12.3. The second-order valence-corrected chi connectivity index (χ2v) is 6.06. The molecule has 0 saturated heterocycles. The van der Waals surface area contributed by atoms with Crippen LogP contribution in [0.4, 0.5) is 4.79 Å². The maximum atomic E-state index is 12.3. The number of nitrogens with one attached hydrogen (secondary N) is 2. The highest BCUT2D eigenvalue weighted by molar-refractivity contribution is 6.35. The molecule has 142 valence electrons. The lowest BCUT2D eigenvalue weighted by Crippen LogP contribution is -2.41. The van der Waals surface area contributed by atoms with Crippen LogP contribution in [0.3, 0.4) is 0 Å². The van der Waals surface area contributed by atoms with E-state index in [1.54, 1.807) is 36.4 Å². The molecule has 2 N–H and O–H groups in total. The summed E-state index contributed by atoms with van der Waals surface area (Å²) in [5.74, 6) is -1.37. The molecule has 0 saturated carbocycles. The van der Waals surface area contributed by atoms with E-state index in [0.29, 0.717) is 10.6 Å². The summed E-state index contributed by atoms with van der Waals surface area (Å²) in [7, 11) is 1.36. The van der Waals surface area contributed by atoms with E-state index in [1.807, 2.05) is 0 Å². The van der Waals surface area contributed by atoms with Gasteiger partial charge in [-0.15, -0.1) is 0 Å². The van der Waals surface area contributed by atoms with E-state index in [1.165, 1.54) is 19.2 Å². The normalized spacial score (nSPS) is 11.2. The highest BCUT2D eigenvalue weighted by Gasteiger charge is 2.26. The van der Waals surface area contributed by atoms with E-state index in [2.05, 4.69) is 10.6 Å². The van der Waals surface area contributed by atoms with Gasteiger partial charge in [0.05, 0.1) is 5.02 Å². The van der Waals surface area contributed by atoms with Crippen molar-refractivity contribution < 1.29 is 23.9 Å². The largest absolute Gasteiger partial charge is 0.480 e. The molecule has 1 unspecified atom stereocenters. The summed E-state index contributed by atoms with van der Waals surface area (Å²) in [6.07, 6.45) is -1.32. The highest BCUT2D eigenvalue weighted by atomic mass is 35.5. The molecule has 0 aliphatic heterocycles. The van der Waals surface area contributed by atoms with Crippen molar-refractivity contribution in [2.75, 3.05) is 13.7 Å². The van der Waals surface area contributed by atoms with Gasteiger partial charge in [-0.1, -0.05) is 53.5 Å². The molecule has 7 nitrogen and oxygen atoms in total. The van der Waals surface area contributed by atoms with Gasteiger partial charge in [-0.2, -0.15) is 0 Å². The minimum atomic E-state index is -1.32. The van der Waals surface area contributed by atoms with E-state index >= 15 is 0 Å². The molecule has 0 aliphatic rings. The van der Waals surface area contributed by atoms with Gasteiger partial charge in [-0.25, -0.2) is 9.59 Å². The Morgan fingerprint density at radius 3 is 2.41 bits per heavy atom. The fraction of sp³-hybridized carbons (Fsp3) is 0.167. The van der Waals surface area contributed by atoms with Crippen LogP contribution in [-0.2, 0) is 14.3 Å². The molecule has 1 atom stereocenters. The number of amides is 3. The van der Waals surface area contributed by atoms with Crippen LogP contribution in [0, 0.1) is 0 Å². The predicted molar refractivity (Wildman–Crippen MR) is 99.8 cm³/mol. The average Bonchev–Trinajstić information content (AvgIpc) is 2.65. The van der Waals surface area contributed by atoms with Gasteiger partial charge in [0.25, 0.3) is 5.91 Å². The van der Waals surface area contributed by atoms with Gasteiger partial charge in [-0.05, 0) is 18.2 Å². The molecule has 0 spiro atoms. The van der Waals surface area contributed by atoms with Gasteiger partial charge in [0.2, 0.25) is 6.10 Å². The molecule has 0 aliphatic carbocycles. The zero-order chi connectivity index (χ0) is 19.8. The Hall–Kier alpha value is -2.77. The molecule has 0 bridgehead atoms. The van der Waals surface area contributed by atoms with Gasteiger partial charge in [0.15, 0.2) is 6.61 Å². The second kappa shape index (κ2) is 9.80. The van der Waals surface area contributed by atoms with Crippen LogP contribution in [0.2, 0.25) is 10.0 Å². The standard InChI is InChI=1S/C18H16Cl2N2O5/c1-21-18(25)22-17(24)16(11-5-3-2-4-6-11)27-15(23)10-26-14-8-7-12(19)9-13(14)20/h2-9,16H,10H2,1H3,(H2,21,22,24,25). The van der Waals surface area contributed by atoms with E-state index in [0.717, 1.165) is 0 Å². The van der Waals surface area contributed by atoms with Crippen LogP contribution < -0.4 is 15.4 Å². The number of benzene rings is 2. The van der Waals surface area contributed by atoms with Crippen LogP contribution in [-0.4, -0.2) is 31.6 Å². The molecular weight excluding hydrogens is 395 g/mol. The van der Waals surface area contributed by atoms with Crippen molar-refractivity contribution in [3.8, 4) is 5.75 Å². The van der Waals surface area contributed by atoms with E-state index in [4.69, 9.17) is 32.7 Å². The van der Waals surface area contributed by atoms with Crippen molar-refractivity contribution >= 4 is 41.1 Å². The third-order valence-corrected chi connectivity index (χ3v) is 3.82. The summed E-state index contributed by atoms with van der Waals surface area (Å²) in [4.78, 5) is 35.8. The summed E-state index contributed by atoms with van der Waals surface area (Å²) in [5.41, 5.74) is 0.400. The third kappa shape index (κ3) is 6.16. The van der Waals surface area contributed by atoms with Crippen LogP contribution in [0.1, 0.15) is 11.7 Å². The number of hydrogen-bond acceptors (Lipinski definition) is 5. The molecule has 2 aromatic rings. The van der Waals surface area contributed by atoms with Crippen LogP contribution in [0.25, 0.3) is 0 Å². The zero-order valence-electron chi connectivity index (χ0n) is 14.2. The Kier molecular flexibility index (Phi) is 7.45. The van der Waals surface area contributed by atoms with Gasteiger partial charge < -0.3 is 14.8 Å². The first-order valence-electron chi connectivity index (χ1n) is 7.75. The number of carbonyl (C=O) groups is 3. The Morgan fingerprint density at radius 2 is 1.78 bits per heavy atom. The summed E-state index contributed by atoms with van der Waals surface area (Å²) in [6, 6.07) is 12.1. The highest BCUT2D eigenvalue weighted by Crippen LogP contribution is 2.27. The maximum Gasteiger partial charge on any atom is 0.345 e. The molecule has 27 heavy (non-hydrogen) atoms. The fourth-order valence-electron chi connectivity index (χ4n) is 2.04. The quantitative estimate of drug-likeness (QED) is 0.713. The average molecular weight is 411 g/mol. The summed E-state index contributed by atoms with van der Waals surface area (Å²) in [6.45, 7) is -0.488. The third-order valence-electron chi connectivity index (χ3n) is 3.29. The van der Waals surface area contributed by atoms with Crippen molar-refractivity contribution in [1.82, 2.24) is 10.6 Å². The molecule has 2 aromatic carbocycles. The number of carbonyl (C=O) groups excluding carboxylic acids is 3. The summed E-state index contributed by atoms with van der Waals surface area (Å²) in [5, 5.41) is 4.98. The van der Waals surface area contributed by atoms with E-state index < -0.39 is 30.6 Å². The van der Waals surface area contributed by atoms with Crippen LogP contribution in [0.15, 0.2) is 48.5 Å². The first-order chi connectivity index (χ1) is 12.9. The summed E-state index contributed by atoms with van der Waals surface area (Å²) < 4.78 is 10.5. The molecule has 2 rings (SSSR count). The lowest BCUT2D eigenvalue weighted by atomic mass is 10.1. The fourth-order valence-corrected chi connectivity index (χ4v) is 2.50. The number of imide groups is 1. The van der Waals surface area contributed by atoms with Gasteiger partial charge in [0, 0.05) is 17.6 Å². The minimum Gasteiger partial charge on any atom is -0.480 e. The molecule has 0 radical (unpaired) electrons. The smallest absolute Gasteiger partial charge is 0.345 e. The number of rotatable bonds is 6. The first-order valence-corrected chi connectivity index (χ1v) is 8.51. The van der Waals surface area contributed by atoms with Crippen LogP contribution >= 0.6 is 23.2 Å². The van der Waals surface area contributed by atoms with Crippen molar-refractivity contribution in [2.45, 2.75) is 6.10 Å². The van der Waals surface area contributed by atoms with E-state index in [-0.39, 0.29) is 10.8 Å². The predicted octanol–water partition coefficient (Wildman–Crippen LogP) is 3.11. The number of ether oxygens (including phenoxy) is 2. The number of halogens is 2. The monoisotopic (exact) mass is 410 g/mol. The number of esters is 1. The topological polar surface area (TPSA) is 93.7 Å². The van der Waals surface area contributed by atoms with Crippen molar-refractivity contribution in [3.63, 3.8) is 0 Å². The van der Waals surface area contributed by atoms with Crippen molar-refractivity contribution in [3.05, 3.63) is 64.1 Å². The van der Waals surface area contributed by atoms with Gasteiger partial charge in [0.1, 0.15) is 5.75 Å². The first kappa shape index (κ1) is 20.5. The lowest BCUT2D eigenvalue weighted by molar-refractivity contribution is -0.158.